The van der Waals surface area contributed by atoms with Crippen molar-refractivity contribution in [2.24, 2.45) is 0 Å². The first-order chi connectivity index (χ1) is 15.2. The Balaban J connectivity index is 1.85. The quantitative estimate of drug-likeness (QED) is 0.383. The molecular formula is C28H30BrNO2. The molecule has 166 valence electrons. The maximum atomic E-state index is 13.7. The van der Waals surface area contributed by atoms with Gasteiger partial charge in [0.15, 0.2) is 0 Å². The van der Waals surface area contributed by atoms with E-state index in [1.807, 2.05) is 48.2 Å². The van der Waals surface area contributed by atoms with Gasteiger partial charge in [-0.25, -0.2) is 0 Å². The average Bonchev–Trinajstić information content (AvgIpc) is 2.75. The number of hydrogen-bond donors (Lipinski definition) is 0. The van der Waals surface area contributed by atoms with Crippen molar-refractivity contribution >= 4 is 27.5 Å². The number of hydrogen-bond acceptors (Lipinski definition) is 2. The third kappa shape index (κ3) is 3.97. The van der Waals surface area contributed by atoms with E-state index in [9.17, 15) is 4.79 Å². The standard InChI is InChI=1S/C28H30BrNO2/c1-6-32-23-14-10-21(11-15-23)28(5)18-27(3,4)30(25-16-7-19(2)17-24(25)28)26(31)20-8-12-22(29)13-9-20/h7-17H,6,18H2,1-5H3/t28-/m0/s1. The lowest BCUT2D eigenvalue weighted by Gasteiger charge is -2.51. The molecule has 1 heterocycles. The number of fused-ring (bicyclic) bond motifs is 1. The number of halogens is 1. The molecule has 1 aliphatic heterocycles. The molecule has 0 saturated heterocycles. The van der Waals surface area contributed by atoms with Crippen molar-refractivity contribution in [1.82, 2.24) is 0 Å². The fourth-order valence-electron chi connectivity index (χ4n) is 5.10. The highest BCUT2D eigenvalue weighted by molar-refractivity contribution is 9.10. The maximum absolute atomic E-state index is 13.7. The third-order valence-electron chi connectivity index (χ3n) is 6.48. The molecule has 32 heavy (non-hydrogen) atoms. The van der Waals surface area contributed by atoms with Crippen LogP contribution in [-0.2, 0) is 5.41 Å². The minimum atomic E-state index is -0.375. The van der Waals surface area contributed by atoms with Crippen molar-refractivity contribution in [2.45, 2.75) is 52.0 Å². The van der Waals surface area contributed by atoms with E-state index in [2.05, 4.69) is 74.0 Å². The summed E-state index contributed by atoms with van der Waals surface area (Å²) in [5, 5.41) is 0. The monoisotopic (exact) mass is 491 g/mol. The van der Waals surface area contributed by atoms with Crippen LogP contribution in [0.4, 0.5) is 5.69 Å². The highest BCUT2D eigenvalue weighted by Crippen LogP contribution is 2.51. The van der Waals surface area contributed by atoms with Crippen molar-refractivity contribution < 1.29 is 9.53 Å². The largest absolute Gasteiger partial charge is 0.494 e. The average molecular weight is 492 g/mol. The Hall–Kier alpha value is -2.59. The van der Waals surface area contributed by atoms with Crippen LogP contribution in [0.1, 0.15) is 61.2 Å². The highest BCUT2D eigenvalue weighted by atomic mass is 79.9. The van der Waals surface area contributed by atoms with E-state index in [1.165, 1.54) is 16.7 Å². The van der Waals surface area contributed by atoms with Gasteiger partial charge in [-0.3, -0.25) is 4.79 Å². The van der Waals surface area contributed by atoms with Gasteiger partial charge in [-0.2, -0.15) is 0 Å². The number of nitrogens with zero attached hydrogens (tertiary/aromatic N) is 1. The molecule has 3 nitrogen and oxygen atoms in total. The summed E-state index contributed by atoms with van der Waals surface area (Å²) < 4.78 is 6.62. The molecule has 0 radical (unpaired) electrons. The van der Waals surface area contributed by atoms with Crippen molar-refractivity contribution in [3.8, 4) is 5.75 Å². The van der Waals surface area contributed by atoms with E-state index in [0.29, 0.717) is 12.2 Å². The van der Waals surface area contributed by atoms with Crippen molar-refractivity contribution in [2.75, 3.05) is 11.5 Å². The molecule has 3 aromatic rings. The summed E-state index contributed by atoms with van der Waals surface area (Å²) in [4.78, 5) is 15.7. The van der Waals surface area contributed by atoms with Gasteiger partial charge < -0.3 is 9.64 Å². The second-order valence-electron chi connectivity index (χ2n) is 9.45. The van der Waals surface area contributed by atoms with Gasteiger partial charge in [0, 0.05) is 26.7 Å². The van der Waals surface area contributed by atoms with Crippen LogP contribution in [0.25, 0.3) is 0 Å². The number of rotatable bonds is 4. The molecule has 1 aliphatic rings. The molecule has 0 N–H and O–H groups in total. The number of aryl methyl sites for hydroxylation is 1. The van der Waals surface area contributed by atoms with E-state index in [4.69, 9.17) is 4.74 Å². The third-order valence-corrected chi connectivity index (χ3v) is 7.00. The van der Waals surface area contributed by atoms with Crippen LogP contribution in [-0.4, -0.2) is 18.1 Å². The fourth-order valence-corrected chi connectivity index (χ4v) is 5.37. The van der Waals surface area contributed by atoms with Crippen molar-refractivity contribution in [3.63, 3.8) is 0 Å². The smallest absolute Gasteiger partial charge is 0.258 e. The summed E-state index contributed by atoms with van der Waals surface area (Å²) in [5.41, 5.74) is 4.68. The number of amides is 1. The van der Waals surface area contributed by atoms with Gasteiger partial charge in [-0.1, -0.05) is 52.7 Å². The van der Waals surface area contributed by atoms with Crippen LogP contribution in [0.3, 0.4) is 0 Å². The molecule has 0 aliphatic carbocycles. The lowest BCUT2D eigenvalue weighted by Crippen LogP contribution is -2.55. The van der Waals surface area contributed by atoms with Gasteiger partial charge in [0.25, 0.3) is 5.91 Å². The molecule has 0 spiro atoms. The van der Waals surface area contributed by atoms with Gasteiger partial charge in [0.2, 0.25) is 0 Å². The lowest BCUT2D eigenvalue weighted by atomic mass is 9.65. The van der Waals surface area contributed by atoms with E-state index in [0.717, 1.165) is 22.3 Å². The predicted molar refractivity (Wildman–Crippen MR) is 135 cm³/mol. The molecule has 0 unspecified atom stereocenters. The Morgan fingerprint density at radius 2 is 1.66 bits per heavy atom. The summed E-state index contributed by atoms with van der Waals surface area (Å²) in [5.74, 6) is 0.910. The Morgan fingerprint density at radius 3 is 2.28 bits per heavy atom. The molecule has 4 heteroatoms. The Bertz CT molecular complexity index is 1140. The SMILES string of the molecule is CCOc1ccc([C@]2(C)CC(C)(C)N(C(=O)c3ccc(Br)cc3)c3ccc(C)cc32)cc1. The van der Waals surface area contributed by atoms with E-state index in [1.54, 1.807) is 0 Å². The maximum Gasteiger partial charge on any atom is 0.258 e. The highest BCUT2D eigenvalue weighted by Gasteiger charge is 2.48. The molecule has 1 amide bonds. The number of anilines is 1. The molecule has 0 fully saturated rings. The predicted octanol–water partition coefficient (Wildman–Crippen LogP) is 7.29. The zero-order valence-electron chi connectivity index (χ0n) is 19.4. The number of carbonyl (C=O) groups is 1. The molecule has 0 bridgehead atoms. The van der Waals surface area contributed by atoms with Gasteiger partial charge in [0.1, 0.15) is 5.75 Å². The second-order valence-corrected chi connectivity index (χ2v) is 10.4. The molecule has 0 saturated carbocycles. The summed E-state index contributed by atoms with van der Waals surface area (Å²) in [7, 11) is 0. The van der Waals surface area contributed by atoms with Crippen molar-refractivity contribution in [1.29, 1.82) is 0 Å². The van der Waals surface area contributed by atoms with Crippen LogP contribution < -0.4 is 9.64 Å². The van der Waals surface area contributed by atoms with Gasteiger partial charge >= 0.3 is 0 Å². The van der Waals surface area contributed by atoms with Crippen LogP contribution in [0.2, 0.25) is 0 Å². The van der Waals surface area contributed by atoms with Crippen LogP contribution in [0.15, 0.2) is 71.2 Å². The van der Waals surface area contributed by atoms with Crippen LogP contribution in [0, 0.1) is 6.92 Å². The summed E-state index contributed by atoms with van der Waals surface area (Å²) in [6, 6.07) is 22.5. The molecule has 3 aromatic carbocycles. The van der Waals surface area contributed by atoms with Crippen molar-refractivity contribution in [3.05, 3.63) is 93.5 Å². The second kappa shape index (κ2) is 8.40. The minimum Gasteiger partial charge on any atom is -0.494 e. The van der Waals surface area contributed by atoms with Crippen LogP contribution >= 0.6 is 15.9 Å². The Kier molecular flexibility index (Phi) is 5.93. The zero-order valence-corrected chi connectivity index (χ0v) is 21.0. The van der Waals surface area contributed by atoms with Gasteiger partial charge in [-0.15, -0.1) is 0 Å². The summed E-state index contributed by atoms with van der Waals surface area (Å²) >= 11 is 3.47. The molecular weight excluding hydrogens is 462 g/mol. The molecule has 4 rings (SSSR count). The number of ether oxygens (including phenoxy) is 1. The summed E-state index contributed by atoms with van der Waals surface area (Å²) in [6.07, 6.45) is 0.812. The van der Waals surface area contributed by atoms with E-state index >= 15 is 0 Å². The van der Waals surface area contributed by atoms with Crippen LogP contribution in [0.5, 0.6) is 5.75 Å². The molecule has 0 aromatic heterocycles. The van der Waals surface area contributed by atoms with E-state index in [-0.39, 0.29) is 16.9 Å². The topological polar surface area (TPSA) is 29.5 Å². The lowest BCUT2D eigenvalue weighted by molar-refractivity contribution is 0.0948. The Morgan fingerprint density at radius 1 is 1.00 bits per heavy atom. The minimum absolute atomic E-state index is 0.0290. The summed E-state index contributed by atoms with van der Waals surface area (Å²) in [6.45, 7) is 11.4. The Labute approximate surface area is 199 Å². The van der Waals surface area contributed by atoms with Gasteiger partial charge in [-0.05, 0) is 87.7 Å². The zero-order chi connectivity index (χ0) is 23.1. The van der Waals surface area contributed by atoms with E-state index < -0.39 is 0 Å². The first-order valence-corrected chi connectivity index (χ1v) is 11.9. The normalized spacial score (nSPS) is 19.4. The number of benzene rings is 3. The molecule has 1 atom stereocenters. The first kappa shape index (κ1) is 22.6. The first-order valence-electron chi connectivity index (χ1n) is 11.1. The fraction of sp³-hybridized carbons (Fsp3) is 0.321. The number of carbonyl (C=O) groups excluding carboxylic acids is 1. The van der Waals surface area contributed by atoms with Gasteiger partial charge in [0.05, 0.1) is 6.61 Å².